The fourth-order valence-electron chi connectivity index (χ4n) is 9.68. The zero-order valence-corrected chi connectivity index (χ0v) is 46.8. The van der Waals surface area contributed by atoms with E-state index in [4.69, 9.17) is 4.52 Å². The molecule has 3 amide bonds. The molecular weight excluding hydrogens is 1010 g/mol. The van der Waals surface area contributed by atoms with E-state index in [1.165, 1.54) is 5.56 Å². The fraction of sp³-hybridized carbons (Fsp3) is 0.300. The van der Waals surface area contributed by atoms with Crippen molar-refractivity contribution < 1.29 is 38.7 Å². The zero-order chi connectivity index (χ0) is 53.9. The number of aromatic nitrogens is 3. The van der Waals surface area contributed by atoms with E-state index in [1.807, 2.05) is 159 Å². The first kappa shape index (κ1) is 60.1. The van der Waals surface area contributed by atoms with Gasteiger partial charge in [0, 0.05) is 72.3 Å². The molecule has 8 rings (SSSR count). The number of amides is 3. The molecule has 1 saturated heterocycles. The number of carboxylic acids is 2. The van der Waals surface area contributed by atoms with Crippen molar-refractivity contribution in [3.05, 3.63) is 194 Å². The number of carboxylic acid groups (broad SMARTS) is 2. The number of aliphatic carboxylic acids is 2. The van der Waals surface area contributed by atoms with Gasteiger partial charge in [0.15, 0.2) is 5.76 Å². The van der Waals surface area contributed by atoms with Gasteiger partial charge in [-0.2, -0.15) is 27.0 Å². The molecule has 4 heterocycles. The minimum atomic E-state index is -1.09. The monoisotopic (exact) mass is 1080 g/mol. The van der Waals surface area contributed by atoms with Gasteiger partial charge in [-0.25, -0.2) is 14.6 Å². The molecule has 17 heteroatoms. The van der Waals surface area contributed by atoms with Crippen LogP contribution in [0.4, 0.5) is 11.5 Å². The second kappa shape index (κ2) is 27.3. The van der Waals surface area contributed by atoms with E-state index >= 15 is 0 Å². The number of aryl methyl sites for hydroxylation is 9. The lowest BCUT2D eigenvalue weighted by atomic mass is 9.98. The van der Waals surface area contributed by atoms with Gasteiger partial charge < -0.3 is 35.6 Å². The highest BCUT2D eigenvalue weighted by Gasteiger charge is 2.31. The third-order valence-electron chi connectivity index (χ3n) is 13.3. The van der Waals surface area contributed by atoms with E-state index in [1.54, 1.807) is 11.1 Å². The number of pyridine rings is 2. The average molecular weight is 1080 g/mol. The van der Waals surface area contributed by atoms with E-state index in [-0.39, 0.29) is 57.6 Å². The van der Waals surface area contributed by atoms with Gasteiger partial charge >= 0.3 is 11.9 Å². The lowest BCUT2D eigenvalue weighted by molar-refractivity contribution is -0.140. The predicted molar refractivity (Wildman–Crippen MR) is 310 cm³/mol. The number of carbonyl (C=O) groups excluding carboxylic acids is 3. The van der Waals surface area contributed by atoms with E-state index in [9.17, 15) is 34.2 Å². The summed E-state index contributed by atoms with van der Waals surface area (Å²) in [6, 6.07) is 30.1. The molecule has 3 unspecified atom stereocenters. The Morgan fingerprint density at radius 2 is 1.12 bits per heavy atom. The van der Waals surface area contributed by atoms with Crippen LogP contribution in [0.25, 0.3) is 11.3 Å². The standard InChI is InChI=1S/C31H35N3O4.C29H30N4O4.2H2S/c1-19-11-12-32-25(15-19)8-5-24-17-28(35)34(18-24)26-9-6-23(7-10-26)16-27(31(37)38)33-30(36)29-21(3)13-20(2)14-22(29)4;1-17-9-10-30-26(13-17)31-16-23-15-25(37-33-23)22-7-5-21(6-8-22)14-24(29(35)36)32-28(34)27-19(3)11-18(2)12-20(27)4;;/h6-7,9-15,24,27H,5,8,16-18H2,1-4H3,(H,33,36)(H,37,38);5-13,15,24H,14,16H2,1-4H3,(H,30,31)(H,32,34)(H,35,36);2*1H2. The quantitative estimate of drug-likeness (QED) is 0.0543. The number of benzene rings is 4. The Labute approximate surface area is 464 Å². The number of rotatable bonds is 18. The normalized spacial score (nSPS) is 13.5. The van der Waals surface area contributed by atoms with Crippen LogP contribution in [0.1, 0.15) is 101 Å². The Balaban J connectivity index is 0.000000277. The Morgan fingerprint density at radius 1 is 0.623 bits per heavy atom. The van der Waals surface area contributed by atoms with Crippen LogP contribution >= 0.6 is 27.0 Å². The third-order valence-corrected chi connectivity index (χ3v) is 13.3. The van der Waals surface area contributed by atoms with Gasteiger partial charge in [0.2, 0.25) is 5.91 Å². The molecule has 0 spiro atoms. The van der Waals surface area contributed by atoms with Crippen LogP contribution < -0.4 is 20.9 Å². The lowest BCUT2D eigenvalue weighted by Crippen LogP contribution is -2.42. The first-order valence-electron chi connectivity index (χ1n) is 25.1. The van der Waals surface area contributed by atoms with Gasteiger partial charge in [-0.3, -0.25) is 19.4 Å². The SMILES string of the molecule is Cc1ccnc(CCC2CC(=O)N(c3ccc(CC(NC(=O)c4c(C)cc(C)cc4C)C(=O)O)cc3)C2)c1.Cc1ccnc(NCc2cc(-c3ccc(CC(NC(=O)c4c(C)cc(C)cc4C)C(=O)O)cc3)on2)c1.S.S. The largest absolute Gasteiger partial charge is 0.480 e. The van der Waals surface area contributed by atoms with Crippen LogP contribution in [0.5, 0.6) is 0 Å². The van der Waals surface area contributed by atoms with E-state index < -0.39 is 29.9 Å². The van der Waals surface area contributed by atoms with Crippen LogP contribution in [0, 0.1) is 61.3 Å². The minimum absolute atomic E-state index is 0. The van der Waals surface area contributed by atoms with Crippen LogP contribution in [-0.2, 0) is 40.2 Å². The topological polar surface area (TPSA) is 217 Å². The molecule has 77 heavy (non-hydrogen) atoms. The number of hydrogen-bond donors (Lipinski definition) is 5. The number of anilines is 2. The van der Waals surface area contributed by atoms with Crippen molar-refractivity contribution in [3.8, 4) is 11.3 Å². The van der Waals surface area contributed by atoms with Crippen molar-refractivity contribution in [1.29, 1.82) is 0 Å². The van der Waals surface area contributed by atoms with Gasteiger partial charge in [-0.15, -0.1) is 0 Å². The van der Waals surface area contributed by atoms with Gasteiger partial charge in [0.05, 0.1) is 6.54 Å². The number of nitrogens with one attached hydrogen (secondary N) is 3. The summed E-state index contributed by atoms with van der Waals surface area (Å²) in [5, 5.41) is 32.2. The Hall–Kier alpha value is -7.76. The molecule has 0 saturated carbocycles. The molecule has 5 N–H and O–H groups in total. The molecule has 1 aliphatic heterocycles. The van der Waals surface area contributed by atoms with E-state index in [0.717, 1.165) is 91.4 Å². The summed E-state index contributed by atoms with van der Waals surface area (Å²) in [7, 11) is 0. The van der Waals surface area contributed by atoms with Crippen molar-refractivity contribution in [2.45, 2.75) is 106 Å². The Morgan fingerprint density at radius 3 is 1.61 bits per heavy atom. The Kier molecular flexibility index (Phi) is 21.3. The smallest absolute Gasteiger partial charge is 0.326 e. The van der Waals surface area contributed by atoms with Crippen molar-refractivity contribution in [2.75, 3.05) is 16.8 Å². The van der Waals surface area contributed by atoms with Crippen molar-refractivity contribution in [1.82, 2.24) is 25.8 Å². The second-order valence-corrected chi connectivity index (χ2v) is 19.7. The molecule has 0 bridgehead atoms. The average Bonchev–Trinajstić information content (AvgIpc) is 3.99. The summed E-state index contributed by atoms with van der Waals surface area (Å²) in [6.07, 6.45) is 6.12. The highest BCUT2D eigenvalue weighted by Crippen LogP contribution is 2.29. The molecule has 7 aromatic rings. The van der Waals surface area contributed by atoms with Crippen LogP contribution in [0.15, 0.2) is 120 Å². The molecule has 4 aromatic carbocycles. The van der Waals surface area contributed by atoms with E-state index in [2.05, 4.69) is 37.1 Å². The van der Waals surface area contributed by atoms with Crippen molar-refractivity contribution in [2.24, 2.45) is 5.92 Å². The maximum absolute atomic E-state index is 12.9. The van der Waals surface area contributed by atoms with Crippen LogP contribution in [-0.4, -0.2) is 73.6 Å². The van der Waals surface area contributed by atoms with Gasteiger partial charge in [-0.05, 0) is 155 Å². The zero-order valence-electron chi connectivity index (χ0n) is 44.8. The molecule has 0 aliphatic carbocycles. The Bertz CT molecular complexity index is 3170. The molecule has 3 atom stereocenters. The molecule has 3 aromatic heterocycles. The van der Waals surface area contributed by atoms with Gasteiger partial charge in [0.1, 0.15) is 23.6 Å². The molecule has 1 fully saturated rings. The highest BCUT2D eigenvalue weighted by atomic mass is 32.1. The molecule has 404 valence electrons. The van der Waals surface area contributed by atoms with Gasteiger partial charge in [0.25, 0.3) is 11.8 Å². The second-order valence-electron chi connectivity index (χ2n) is 19.7. The number of hydrogen-bond acceptors (Lipinski definition) is 10. The molecule has 0 radical (unpaired) electrons. The summed E-state index contributed by atoms with van der Waals surface area (Å²) in [6.45, 7) is 16.5. The molecule has 15 nitrogen and oxygen atoms in total. The number of nitrogens with zero attached hydrogens (tertiary/aromatic N) is 4. The van der Waals surface area contributed by atoms with Crippen molar-refractivity contribution >= 4 is 68.2 Å². The summed E-state index contributed by atoms with van der Waals surface area (Å²) in [5.41, 5.74) is 13.7. The summed E-state index contributed by atoms with van der Waals surface area (Å²) in [4.78, 5) is 72.9. The first-order chi connectivity index (χ1) is 35.8. The summed E-state index contributed by atoms with van der Waals surface area (Å²) < 4.78 is 5.49. The minimum Gasteiger partial charge on any atom is -0.480 e. The summed E-state index contributed by atoms with van der Waals surface area (Å²) in [5.74, 6) is -1.22. The van der Waals surface area contributed by atoms with E-state index in [0.29, 0.717) is 36.4 Å². The fourth-order valence-corrected chi connectivity index (χ4v) is 9.68. The van der Waals surface area contributed by atoms with Crippen LogP contribution in [0.3, 0.4) is 0 Å². The predicted octanol–water partition coefficient (Wildman–Crippen LogP) is 9.96. The van der Waals surface area contributed by atoms with Crippen LogP contribution in [0.2, 0.25) is 0 Å². The molecular formula is C60H69N7O8S2. The third kappa shape index (κ3) is 16.4. The highest BCUT2D eigenvalue weighted by molar-refractivity contribution is 7.59. The maximum Gasteiger partial charge on any atom is 0.326 e. The molecule has 1 aliphatic rings. The van der Waals surface area contributed by atoms with Crippen molar-refractivity contribution in [3.63, 3.8) is 0 Å². The lowest BCUT2D eigenvalue weighted by Gasteiger charge is -2.19. The first-order valence-corrected chi connectivity index (χ1v) is 25.1. The maximum atomic E-state index is 12.9. The van der Waals surface area contributed by atoms with Gasteiger partial charge in [-0.1, -0.05) is 76.9 Å². The summed E-state index contributed by atoms with van der Waals surface area (Å²) >= 11 is 0. The number of carbonyl (C=O) groups is 5.